The fourth-order valence-corrected chi connectivity index (χ4v) is 2.63. The van der Waals surface area contributed by atoms with Crippen molar-refractivity contribution in [3.8, 4) is 0 Å². The van der Waals surface area contributed by atoms with Crippen LogP contribution in [0.1, 0.15) is 24.4 Å². The molecule has 2 aromatic heterocycles. The molecule has 2 heterocycles. The number of thiophene rings is 1. The lowest BCUT2D eigenvalue weighted by Crippen LogP contribution is -2.24. The lowest BCUT2D eigenvalue weighted by Gasteiger charge is -2.24. The Kier molecular flexibility index (Phi) is 3.12. The van der Waals surface area contributed by atoms with Gasteiger partial charge in [0.25, 0.3) is 0 Å². The van der Waals surface area contributed by atoms with Gasteiger partial charge in [-0.15, -0.1) is 11.3 Å². The van der Waals surface area contributed by atoms with Crippen LogP contribution >= 0.6 is 11.3 Å². The number of hydrogen-bond acceptors (Lipinski definition) is 3. The Bertz CT molecular complexity index is 445. The average molecular weight is 236 g/mol. The van der Waals surface area contributed by atoms with E-state index < -0.39 is 0 Å². The summed E-state index contributed by atoms with van der Waals surface area (Å²) < 4.78 is 2.01. The largest absolute Gasteiger partial charge is 0.390 e. The summed E-state index contributed by atoms with van der Waals surface area (Å²) in [6.45, 7) is 5.30. The number of aliphatic hydroxyl groups excluding tert-OH is 1. The summed E-state index contributed by atoms with van der Waals surface area (Å²) in [5, 5.41) is 11.3. The Morgan fingerprint density at radius 1 is 1.50 bits per heavy atom. The molecule has 2 rings (SSSR count). The lowest BCUT2D eigenvalue weighted by molar-refractivity contribution is 0.266. The molecular formula is C12H16N2OS. The topological polar surface area (TPSA) is 38.0 Å². The van der Waals surface area contributed by atoms with Gasteiger partial charge in [-0.25, -0.2) is 4.98 Å². The second-order valence-electron chi connectivity index (χ2n) is 4.53. The molecule has 0 bridgehead atoms. The summed E-state index contributed by atoms with van der Waals surface area (Å²) in [6.07, 6.45) is 3.49. The molecule has 1 N–H and O–H groups in total. The van der Waals surface area contributed by atoms with Gasteiger partial charge in [0.1, 0.15) is 0 Å². The van der Waals surface area contributed by atoms with Crippen LogP contribution in [-0.2, 0) is 18.6 Å². The number of nitrogens with zero attached hydrogens (tertiary/aromatic N) is 2. The minimum absolute atomic E-state index is 0.0422. The van der Waals surface area contributed by atoms with E-state index in [4.69, 9.17) is 0 Å². The molecule has 86 valence electrons. The van der Waals surface area contributed by atoms with E-state index in [0.29, 0.717) is 0 Å². The van der Waals surface area contributed by atoms with E-state index in [1.54, 1.807) is 23.9 Å². The molecule has 0 saturated heterocycles. The summed E-state index contributed by atoms with van der Waals surface area (Å²) >= 11 is 1.77. The average Bonchev–Trinajstić information content (AvgIpc) is 2.86. The van der Waals surface area contributed by atoms with Crippen LogP contribution in [0.2, 0.25) is 0 Å². The SMILES string of the molecule is CC(C)(Cn1cncc1CO)c1cccs1. The van der Waals surface area contributed by atoms with E-state index in [-0.39, 0.29) is 12.0 Å². The maximum atomic E-state index is 9.18. The first-order chi connectivity index (χ1) is 7.63. The van der Waals surface area contributed by atoms with Crippen LogP contribution in [0, 0.1) is 0 Å². The fraction of sp³-hybridized carbons (Fsp3) is 0.417. The standard InChI is InChI=1S/C12H16N2OS/c1-12(2,11-4-3-5-16-11)8-14-9-13-6-10(14)7-15/h3-6,9,15H,7-8H2,1-2H3. The molecule has 0 radical (unpaired) electrons. The number of imidazole rings is 1. The van der Waals surface area contributed by atoms with Crippen LogP contribution in [0.15, 0.2) is 30.0 Å². The number of rotatable bonds is 4. The van der Waals surface area contributed by atoms with Gasteiger partial charge in [-0.3, -0.25) is 0 Å². The van der Waals surface area contributed by atoms with E-state index in [9.17, 15) is 5.11 Å². The Labute approximate surface area is 99.4 Å². The van der Waals surface area contributed by atoms with Crippen molar-refractivity contribution in [2.24, 2.45) is 0 Å². The molecule has 0 spiro atoms. The first-order valence-electron chi connectivity index (χ1n) is 5.27. The summed E-state index contributed by atoms with van der Waals surface area (Å²) in [5.41, 5.74) is 0.934. The molecule has 0 atom stereocenters. The predicted molar refractivity (Wildman–Crippen MR) is 65.5 cm³/mol. The smallest absolute Gasteiger partial charge is 0.0949 e. The molecule has 3 nitrogen and oxygen atoms in total. The molecule has 2 aromatic rings. The minimum atomic E-state index is 0.0422. The van der Waals surface area contributed by atoms with Crippen molar-refractivity contribution in [2.75, 3.05) is 0 Å². The first-order valence-corrected chi connectivity index (χ1v) is 6.15. The van der Waals surface area contributed by atoms with Gasteiger partial charge >= 0.3 is 0 Å². The summed E-state index contributed by atoms with van der Waals surface area (Å²) in [7, 11) is 0. The Morgan fingerprint density at radius 3 is 2.94 bits per heavy atom. The monoisotopic (exact) mass is 236 g/mol. The third-order valence-electron chi connectivity index (χ3n) is 2.71. The second-order valence-corrected chi connectivity index (χ2v) is 5.48. The van der Waals surface area contributed by atoms with E-state index >= 15 is 0 Å². The number of aliphatic hydroxyl groups is 1. The van der Waals surface area contributed by atoms with Crippen molar-refractivity contribution in [3.05, 3.63) is 40.6 Å². The third-order valence-corrected chi connectivity index (χ3v) is 3.95. The molecule has 0 fully saturated rings. The zero-order valence-corrected chi connectivity index (χ0v) is 10.4. The molecule has 0 aliphatic carbocycles. The van der Waals surface area contributed by atoms with Crippen LogP contribution < -0.4 is 0 Å². The van der Waals surface area contributed by atoms with Crippen molar-refractivity contribution in [1.82, 2.24) is 9.55 Å². The zero-order chi connectivity index (χ0) is 11.6. The third kappa shape index (κ3) is 2.18. The molecule has 4 heteroatoms. The van der Waals surface area contributed by atoms with Gasteiger partial charge in [-0.2, -0.15) is 0 Å². The van der Waals surface area contributed by atoms with Gasteiger partial charge in [0, 0.05) is 16.8 Å². The van der Waals surface area contributed by atoms with Crippen molar-refractivity contribution in [3.63, 3.8) is 0 Å². The van der Waals surface area contributed by atoms with Crippen molar-refractivity contribution < 1.29 is 5.11 Å². The van der Waals surface area contributed by atoms with Crippen LogP contribution in [0.3, 0.4) is 0 Å². The van der Waals surface area contributed by atoms with E-state index in [1.165, 1.54) is 4.88 Å². The molecule has 0 aliphatic rings. The van der Waals surface area contributed by atoms with Crippen LogP contribution in [-0.4, -0.2) is 14.7 Å². The fourth-order valence-electron chi connectivity index (χ4n) is 1.79. The van der Waals surface area contributed by atoms with Gasteiger partial charge in [0.05, 0.1) is 24.8 Å². The van der Waals surface area contributed by atoms with E-state index in [0.717, 1.165) is 12.2 Å². The molecule has 0 unspecified atom stereocenters. The Balaban J connectivity index is 2.21. The molecule has 16 heavy (non-hydrogen) atoms. The van der Waals surface area contributed by atoms with Crippen LogP contribution in [0.25, 0.3) is 0 Å². The number of hydrogen-bond donors (Lipinski definition) is 1. The predicted octanol–water partition coefficient (Wildman–Crippen LogP) is 2.41. The highest BCUT2D eigenvalue weighted by atomic mass is 32.1. The van der Waals surface area contributed by atoms with Crippen molar-refractivity contribution >= 4 is 11.3 Å². The molecule has 0 aliphatic heterocycles. The Hall–Kier alpha value is -1.13. The maximum Gasteiger partial charge on any atom is 0.0949 e. The quantitative estimate of drug-likeness (QED) is 0.885. The zero-order valence-electron chi connectivity index (χ0n) is 9.55. The van der Waals surface area contributed by atoms with E-state index in [1.807, 2.05) is 4.57 Å². The number of aromatic nitrogens is 2. The highest BCUT2D eigenvalue weighted by Crippen LogP contribution is 2.29. The van der Waals surface area contributed by atoms with Gasteiger partial charge < -0.3 is 9.67 Å². The van der Waals surface area contributed by atoms with Crippen LogP contribution in [0.5, 0.6) is 0 Å². The Morgan fingerprint density at radius 2 is 2.31 bits per heavy atom. The highest BCUT2D eigenvalue weighted by Gasteiger charge is 2.23. The molecule has 0 saturated carbocycles. The van der Waals surface area contributed by atoms with Crippen molar-refractivity contribution in [1.29, 1.82) is 0 Å². The van der Waals surface area contributed by atoms with Crippen molar-refractivity contribution in [2.45, 2.75) is 32.4 Å². The summed E-state index contributed by atoms with van der Waals surface area (Å²) in [6, 6.07) is 4.23. The minimum Gasteiger partial charge on any atom is -0.390 e. The summed E-state index contributed by atoms with van der Waals surface area (Å²) in [5.74, 6) is 0. The normalized spacial score (nSPS) is 11.9. The highest BCUT2D eigenvalue weighted by molar-refractivity contribution is 7.10. The van der Waals surface area contributed by atoms with Gasteiger partial charge in [-0.1, -0.05) is 19.9 Å². The maximum absolute atomic E-state index is 9.18. The molecule has 0 amide bonds. The van der Waals surface area contributed by atoms with Gasteiger partial charge in [0.2, 0.25) is 0 Å². The molecule has 0 aromatic carbocycles. The van der Waals surface area contributed by atoms with Gasteiger partial charge in [-0.05, 0) is 11.4 Å². The first kappa shape index (κ1) is 11.4. The van der Waals surface area contributed by atoms with E-state index in [2.05, 4.69) is 36.3 Å². The second kappa shape index (κ2) is 4.39. The van der Waals surface area contributed by atoms with Gasteiger partial charge in [0.15, 0.2) is 0 Å². The van der Waals surface area contributed by atoms with Crippen LogP contribution in [0.4, 0.5) is 0 Å². The lowest BCUT2D eigenvalue weighted by atomic mass is 9.91. The molecular weight excluding hydrogens is 220 g/mol. The summed E-state index contributed by atoms with van der Waals surface area (Å²) in [4.78, 5) is 5.42.